The number of carboxylic acids is 2. The third kappa shape index (κ3) is 20.0. The Kier molecular flexibility index (Phi) is 18.6. The first kappa shape index (κ1) is 27.0. The molecule has 1 atom stereocenters. The van der Waals surface area contributed by atoms with Gasteiger partial charge in [-0.3, -0.25) is 14.1 Å². The molecule has 0 spiro atoms. The molecule has 0 fully saturated rings. The number of unbranched alkanes of at least 4 members (excludes halogenated alkanes) is 6. The zero-order chi connectivity index (χ0) is 19.7. The van der Waals surface area contributed by atoms with Crippen LogP contribution in [0, 0.1) is 0 Å². The maximum atomic E-state index is 10.2. The summed E-state index contributed by atoms with van der Waals surface area (Å²) in [5.41, 5.74) is 0. The minimum atomic E-state index is -4.84. The molecule has 0 aliphatic carbocycles. The Morgan fingerprint density at radius 3 is 1.88 bits per heavy atom. The molecular formula is C15H29NaO8S. The van der Waals surface area contributed by atoms with E-state index in [9.17, 15) is 18.0 Å². The SMILES string of the molecule is CCCCCCCCCOC[CH2][Na].O=C(O)CC(C(=O)O)S(=O)(=O)O. The van der Waals surface area contributed by atoms with Gasteiger partial charge in [0.1, 0.15) is 0 Å². The van der Waals surface area contributed by atoms with E-state index < -0.39 is 33.7 Å². The second-order valence-electron chi connectivity index (χ2n) is 5.67. The minimum absolute atomic E-state index is 0.996. The Morgan fingerprint density at radius 2 is 1.52 bits per heavy atom. The summed E-state index contributed by atoms with van der Waals surface area (Å²) in [4.78, 5) is 20.0. The molecule has 0 rings (SSSR count). The number of carboxylic acid groups (broad SMARTS) is 2. The van der Waals surface area contributed by atoms with Gasteiger partial charge in [0, 0.05) is 0 Å². The number of hydrogen-bond acceptors (Lipinski definition) is 5. The van der Waals surface area contributed by atoms with Crippen molar-refractivity contribution in [1.29, 1.82) is 0 Å². The van der Waals surface area contributed by atoms with Gasteiger partial charge < -0.3 is 10.2 Å². The summed E-state index contributed by atoms with van der Waals surface area (Å²) in [5, 5.41) is 13.9. The van der Waals surface area contributed by atoms with Crippen molar-refractivity contribution in [3.05, 3.63) is 0 Å². The summed E-state index contributed by atoms with van der Waals surface area (Å²) < 4.78 is 35.4. The van der Waals surface area contributed by atoms with Crippen LogP contribution in [0.5, 0.6) is 0 Å². The predicted molar refractivity (Wildman–Crippen MR) is 94.6 cm³/mol. The summed E-state index contributed by atoms with van der Waals surface area (Å²) in [5.74, 6) is -3.50. The Bertz CT molecular complexity index is 442. The van der Waals surface area contributed by atoms with E-state index in [0.717, 1.165) is 13.2 Å². The third-order valence-electron chi connectivity index (χ3n) is 3.24. The Morgan fingerprint density at radius 1 is 1.00 bits per heavy atom. The van der Waals surface area contributed by atoms with Crippen LogP contribution in [-0.4, -0.2) is 81.5 Å². The fourth-order valence-electron chi connectivity index (χ4n) is 1.89. The van der Waals surface area contributed by atoms with Gasteiger partial charge >= 0.3 is 113 Å². The maximum absolute atomic E-state index is 10.2. The van der Waals surface area contributed by atoms with Gasteiger partial charge in [-0.2, -0.15) is 8.42 Å². The molecule has 0 aliphatic heterocycles. The van der Waals surface area contributed by atoms with Crippen LogP contribution in [0.1, 0.15) is 58.3 Å². The molecule has 0 saturated carbocycles. The van der Waals surface area contributed by atoms with Crippen molar-refractivity contribution in [2.75, 3.05) is 13.2 Å². The van der Waals surface area contributed by atoms with Crippen LogP contribution in [0.25, 0.3) is 0 Å². The zero-order valence-corrected chi connectivity index (χ0v) is 18.0. The van der Waals surface area contributed by atoms with E-state index in [-0.39, 0.29) is 0 Å². The molecule has 0 saturated heterocycles. The number of carbonyl (C=O) groups is 2. The van der Waals surface area contributed by atoms with Gasteiger partial charge in [-0.25, -0.2) is 0 Å². The van der Waals surface area contributed by atoms with E-state index in [2.05, 4.69) is 6.92 Å². The van der Waals surface area contributed by atoms with Gasteiger partial charge in [0.25, 0.3) is 10.1 Å². The number of rotatable bonds is 14. The van der Waals surface area contributed by atoms with Crippen LogP contribution in [0.3, 0.4) is 0 Å². The Labute approximate surface area is 167 Å². The van der Waals surface area contributed by atoms with E-state index in [1.807, 2.05) is 0 Å². The van der Waals surface area contributed by atoms with E-state index in [1.165, 1.54) is 76.5 Å². The van der Waals surface area contributed by atoms with Crippen molar-refractivity contribution in [1.82, 2.24) is 0 Å². The molecule has 1 unspecified atom stereocenters. The number of aliphatic carboxylic acids is 2. The number of ether oxygens (including phenoxy) is 1. The molecule has 0 aliphatic rings. The molecule has 144 valence electrons. The first-order valence-electron chi connectivity index (χ1n) is 8.65. The van der Waals surface area contributed by atoms with Crippen molar-refractivity contribution in [3.63, 3.8) is 0 Å². The van der Waals surface area contributed by atoms with Gasteiger partial charge in [0.15, 0.2) is 5.25 Å². The predicted octanol–water partition coefficient (Wildman–Crippen LogP) is 2.14. The van der Waals surface area contributed by atoms with E-state index >= 15 is 0 Å². The summed E-state index contributed by atoms with van der Waals surface area (Å²) in [7, 11) is -4.84. The van der Waals surface area contributed by atoms with Gasteiger partial charge in [0.05, 0.1) is 6.42 Å². The van der Waals surface area contributed by atoms with Crippen molar-refractivity contribution in [2.45, 2.75) is 67.2 Å². The number of hydrogen-bond donors (Lipinski definition) is 3. The van der Waals surface area contributed by atoms with Gasteiger partial charge in [-0.05, 0) is 0 Å². The van der Waals surface area contributed by atoms with Gasteiger partial charge in [-0.1, -0.05) is 0 Å². The summed E-state index contributed by atoms with van der Waals surface area (Å²) >= 11 is 1.28. The second-order valence-corrected chi connectivity index (χ2v) is 8.27. The summed E-state index contributed by atoms with van der Waals surface area (Å²) in [6.45, 7) is 4.26. The molecule has 25 heavy (non-hydrogen) atoms. The molecule has 0 aromatic heterocycles. The quantitative estimate of drug-likeness (QED) is 0.232. The van der Waals surface area contributed by atoms with Crippen molar-refractivity contribution in [2.24, 2.45) is 0 Å². The van der Waals surface area contributed by atoms with Crippen molar-refractivity contribution < 1.29 is 37.5 Å². The van der Waals surface area contributed by atoms with E-state index in [4.69, 9.17) is 19.5 Å². The minimum Gasteiger partial charge on any atom is -0.481 e. The van der Waals surface area contributed by atoms with E-state index in [0.29, 0.717) is 0 Å². The maximum Gasteiger partial charge on any atom is 0.325 e. The normalized spacial score (nSPS) is 12.2. The fraction of sp³-hybridized carbons (Fsp3) is 0.867. The third-order valence-corrected chi connectivity index (χ3v) is 4.73. The molecule has 0 amide bonds. The molecule has 0 bridgehead atoms. The topological polar surface area (TPSA) is 138 Å². The van der Waals surface area contributed by atoms with Crippen molar-refractivity contribution in [3.8, 4) is 0 Å². The standard InChI is InChI=1S/C11H23O.C4H6O7S.Na/c1-3-5-6-7-8-9-10-11-12-4-2;5-3(6)1-2(4(7)8)12(9,10)11;/h2-11H2,1H3;2H,1H2,(H,5,6)(H,7,8)(H,9,10,11);. The van der Waals surface area contributed by atoms with Crippen LogP contribution in [0.2, 0.25) is 3.67 Å². The molecular weight excluding hydrogens is 363 g/mol. The summed E-state index contributed by atoms with van der Waals surface area (Å²) in [6.07, 6.45) is 8.50. The fourth-order valence-corrected chi connectivity index (χ4v) is 2.78. The zero-order valence-electron chi connectivity index (χ0n) is 15.1. The van der Waals surface area contributed by atoms with Crippen LogP contribution < -0.4 is 0 Å². The molecule has 3 N–H and O–H groups in total. The second kappa shape index (κ2) is 17.2. The van der Waals surface area contributed by atoms with Crippen LogP contribution in [0.15, 0.2) is 0 Å². The molecule has 8 nitrogen and oxygen atoms in total. The molecule has 0 aromatic carbocycles. The van der Waals surface area contributed by atoms with Crippen LogP contribution in [0.4, 0.5) is 0 Å². The first-order chi connectivity index (χ1) is 11.7. The van der Waals surface area contributed by atoms with Gasteiger partial charge in [-0.15, -0.1) is 0 Å². The molecule has 10 heteroatoms. The Balaban J connectivity index is 0. The van der Waals surface area contributed by atoms with Gasteiger partial charge in [0.2, 0.25) is 0 Å². The van der Waals surface area contributed by atoms with Crippen LogP contribution >= 0.6 is 0 Å². The largest absolute Gasteiger partial charge is 0.481 e. The van der Waals surface area contributed by atoms with E-state index in [1.54, 1.807) is 0 Å². The average molecular weight is 392 g/mol. The molecule has 0 radical (unpaired) electrons. The monoisotopic (exact) mass is 392 g/mol. The van der Waals surface area contributed by atoms with Crippen LogP contribution in [-0.2, 0) is 24.4 Å². The average Bonchev–Trinajstić information content (AvgIpc) is 2.50. The molecule has 0 heterocycles. The first-order valence-corrected chi connectivity index (χ1v) is 11.6. The summed E-state index contributed by atoms with van der Waals surface area (Å²) in [6, 6.07) is 0. The Hall–Kier alpha value is -0.190. The molecule has 0 aromatic rings. The smallest absolute Gasteiger partial charge is 0.325 e. The van der Waals surface area contributed by atoms with Crippen molar-refractivity contribution >= 4 is 50.0 Å².